The molecule has 3 heterocycles. The molecule has 0 aromatic carbocycles. The van der Waals surface area contributed by atoms with Gasteiger partial charge in [-0.1, -0.05) is 0 Å². The fraction of sp³-hybridized carbons (Fsp3) is 0.591. The number of nitrogens with zero attached hydrogens (tertiary/aromatic N) is 3. The van der Waals surface area contributed by atoms with Crippen molar-refractivity contribution in [3.05, 3.63) is 33.7 Å². The minimum absolute atomic E-state index is 0.00166. The second-order valence-electron chi connectivity index (χ2n) is 7.87. The molecule has 1 aromatic rings. The maximum atomic E-state index is 13.1. The molecule has 3 rings (SSSR count). The number of nitrogens with one attached hydrogen (secondary N) is 1. The molecular weight excluding hydrogens is 432 g/mol. The number of esters is 1. The number of thiophene rings is 1. The zero-order valence-electron chi connectivity index (χ0n) is 19.1. The molecule has 9 nitrogen and oxygen atoms in total. The Morgan fingerprint density at radius 1 is 1.28 bits per heavy atom. The van der Waals surface area contributed by atoms with E-state index in [0.29, 0.717) is 44.0 Å². The van der Waals surface area contributed by atoms with Gasteiger partial charge in [0.2, 0.25) is 5.91 Å². The summed E-state index contributed by atoms with van der Waals surface area (Å²) in [5.41, 5.74) is 2.00. The number of hydrogen-bond acceptors (Lipinski definition) is 7. The number of rotatable bonds is 8. The average molecular weight is 465 g/mol. The van der Waals surface area contributed by atoms with Crippen LogP contribution in [0.15, 0.2) is 28.1 Å². The van der Waals surface area contributed by atoms with Gasteiger partial charge < -0.3 is 19.7 Å². The molecule has 0 bridgehead atoms. The summed E-state index contributed by atoms with van der Waals surface area (Å²) in [7, 11) is 1.51. The van der Waals surface area contributed by atoms with E-state index in [4.69, 9.17) is 9.47 Å². The van der Waals surface area contributed by atoms with Crippen molar-refractivity contribution >= 4 is 29.2 Å². The SMILES string of the molecule is CCOC(=O)C1=C(CN2CCN(C(=O)COC)C(C)C2)N(CC)C(=O)NC1c1ccsc1. The molecule has 2 aliphatic heterocycles. The van der Waals surface area contributed by atoms with Crippen LogP contribution >= 0.6 is 11.3 Å². The molecule has 176 valence electrons. The molecule has 32 heavy (non-hydrogen) atoms. The van der Waals surface area contributed by atoms with Crippen molar-refractivity contribution in [2.24, 2.45) is 0 Å². The Hall–Kier alpha value is -2.43. The lowest BCUT2D eigenvalue weighted by atomic mass is 9.96. The van der Waals surface area contributed by atoms with E-state index in [-0.39, 0.29) is 31.2 Å². The van der Waals surface area contributed by atoms with Crippen LogP contribution in [0.25, 0.3) is 0 Å². The zero-order chi connectivity index (χ0) is 23.3. The molecule has 0 saturated carbocycles. The Kier molecular flexibility index (Phi) is 8.27. The first-order valence-electron chi connectivity index (χ1n) is 10.9. The maximum absolute atomic E-state index is 13.1. The Morgan fingerprint density at radius 2 is 2.06 bits per heavy atom. The normalized spacial score (nSPS) is 22.2. The number of methoxy groups -OCH3 is 1. The largest absolute Gasteiger partial charge is 0.463 e. The van der Waals surface area contributed by atoms with Gasteiger partial charge in [-0.05, 0) is 43.2 Å². The summed E-state index contributed by atoms with van der Waals surface area (Å²) in [5, 5.41) is 6.83. The number of amides is 3. The van der Waals surface area contributed by atoms with Crippen molar-refractivity contribution in [1.82, 2.24) is 20.0 Å². The van der Waals surface area contributed by atoms with Crippen molar-refractivity contribution in [2.75, 3.05) is 53.0 Å². The lowest BCUT2D eigenvalue weighted by Gasteiger charge is -2.42. The van der Waals surface area contributed by atoms with E-state index < -0.39 is 12.0 Å². The van der Waals surface area contributed by atoms with Crippen molar-refractivity contribution < 1.29 is 23.9 Å². The molecule has 2 atom stereocenters. The first-order valence-corrected chi connectivity index (χ1v) is 11.9. The van der Waals surface area contributed by atoms with Crippen LogP contribution in [0.4, 0.5) is 4.79 Å². The Bertz CT molecular complexity index is 857. The van der Waals surface area contributed by atoms with Gasteiger partial charge in [0.25, 0.3) is 0 Å². The first kappa shape index (κ1) is 24.2. The van der Waals surface area contributed by atoms with Crippen molar-refractivity contribution in [3.63, 3.8) is 0 Å². The summed E-state index contributed by atoms with van der Waals surface area (Å²) >= 11 is 1.51. The molecule has 0 spiro atoms. The van der Waals surface area contributed by atoms with Crippen LogP contribution in [-0.4, -0.2) is 91.7 Å². The van der Waals surface area contributed by atoms with E-state index in [1.807, 2.05) is 35.6 Å². The first-order chi connectivity index (χ1) is 15.4. The van der Waals surface area contributed by atoms with Gasteiger partial charge >= 0.3 is 12.0 Å². The molecule has 3 amide bonds. The van der Waals surface area contributed by atoms with E-state index in [1.54, 1.807) is 11.8 Å². The Morgan fingerprint density at radius 3 is 2.66 bits per heavy atom. The minimum Gasteiger partial charge on any atom is -0.463 e. The van der Waals surface area contributed by atoms with Gasteiger partial charge in [-0.25, -0.2) is 9.59 Å². The number of carbonyl (C=O) groups is 3. The number of carbonyl (C=O) groups excluding carboxylic acids is 3. The molecule has 1 saturated heterocycles. The number of piperazine rings is 1. The predicted molar refractivity (Wildman–Crippen MR) is 121 cm³/mol. The lowest BCUT2D eigenvalue weighted by molar-refractivity contribution is -0.139. The molecule has 1 N–H and O–H groups in total. The van der Waals surface area contributed by atoms with Crippen molar-refractivity contribution in [1.29, 1.82) is 0 Å². The highest BCUT2D eigenvalue weighted by Gasteiger charge is 2.39. The smallest absolute Gasteiger partial charge is 0.338 e. The van der Waals surface area contributed by atoms with E-state index in [2.05, 4.69) is 10.2 Å². The number of urea groups is 1. The fourth-order valence-corrected chi connectivity index (χ4v) is 5.00. The summed E-state index contributed by atoms with van der Waals surface area (Å²) < 4.78 is 10.4. The summed E-state index contributed by atoms with van der Waals surface area (Å²) in [4.78, 5) is 43.9. The van der Waals surface area contributed by atoms with Crippen LogP contribution in [-0.2, 0) is 19.1 Å². The van der Waals surface area contributed by atoms with E-state index in [9.17, 15) is 14.4 Å². The number of likely N-dealkylation sites (N-methyl/N-ethyl adjacent to an activating group) is 1. The molecular formula is C22H32N4O5S. The minimum atomic E-state index is -0.549. The third-order valence-corrected chi connectivity index (χ3v) is 6.50. The monoisotopic (exact) mass is 464 g/mol. The van der Waals surface area contributed by atoms with E-state index in [1.165, 1.54) is 18.4 Å². The summed E-state index contributed by atoms with van der Waals surface area (Å²) in [6.45, 7) is 8.68. The van der Waals surface area contributed by atoms with E-state index >= 15 is 0 Å². The molecule has 0 aliphatic carbocycles. The van der Waals surface area contributed by atoms with E-state index in [0.717, 1.165) is 5.56 Å². The second kappa shape index (κ2) is 10.9. The van der Waals surface area contributed by atoms with Crippen LogP contribution < -0.4 is 5.32 Å². The Labute approximate surface area is 192 Å². The van der Waals surface area contributed by atoms with Gasteiger partial charge in [-0.15, -0.1) is 0 Å². The fourth-order valence-electron chi connectivity index (χ4n) is 4.31. The average Bonchev–Trinajstić information content (AvgIpc) is 3.28. The van der Waals surface area contributed by atoms with Gasteiger partial charge in [0.1, 0.15) is 6.61 Å². The van der Waals surface area contributed by atoms with Gasteiger partial charge in [0, 0.05) is 51.6 Å². The molecule has 10 heteroatoms. The quantitative estimate of drug-likeness (QED) is 0.591. The van der Waals surface area contributed by atoms with Crippen LogP contribution in [0, 0.1) is 0 Å². The van der Waals surface area contributed by atoms with Gasteiger partial charge in [0.05, 0.1) is 18.2 Å². The second-order valence-corrected chi connectivity index (χ2v) is 8.65. The lowest BCUT2D eigenvalue weighted by Crippen LogP contribution is -2.57. The maximum Gasteiger partial charge on any atom is 0.338 e. The number of ether oxygens (including phenoxy) is 2. The van der Waals surface area contributed by atoms with Gasteiger partial charge in [0.15, 0.2) is 0 Å². The molecule has 0 radical (unpaired) electrons. The van der Waals surface area contributed by atoms with Gasteiger partial charge in [-0.3, -0.25) is 14.6 Å². The van der Waals surface area contributed by atoms with Crippen molar-refractivity contribution in [2.45, 2.75) is 32.9 Å². The predicted octanol–water partition coefficient (Wildman–Crippen LogP) is 1.83. The third kappa shape index (κ3) is 5.13. The Balaban J connectivity index is 1.91. The van der Waals surface area contributed by atoms with Crippen LogP contribution in [0.3, 0.4) is 0 Å². The topological polar surface area (TPSA) is 91.4 Å². The van der Waals surface area contributed by atoms with Crippen LogP contribution in [0.2, 0.25) is 0 Å². The van der Waals surface area contributed by atoms with Crippen LogP contribution in [0.5, 0.6) is 0 Å². The highest BCUT2D eigenvalue weighted by atomic mass is 32.1. The van der Waals surface area contributed by atoms with Crippen molar-refractivity contribution in [3.8, 4) is 0 Å². The highest BCUT2D eigenvalue weighted by Crippen LogP contribution is 2.33. The molecule has 2 unspecified atom stereocenters. The van der Waals surface area contributed by atoms with Gasteiger partial charge in [-0.2, -0.15) is 11.3 Å². The summed E-state index contributed by atoms with van der Waals surface area (Å²) in [6, 6.07) is 1.13. The highest BCUT2D eigenvalue weighted by molar-refractivity contribution is 7.08. The molecule has 2 aliphatic rings. The summed E-state index contributed by atoms with van der Waals surface area (Å²) in [6.07, 6.45) is 0. The van der Waals surface area contributed by atoms with Crippen LogP contribution in [0.1, 0.15) is 32.4 Å². The summed E-state index contributed by atoms with van der Waals surface area (Å²) in [5.74, 6) is -0.449. The third-order valence-electron chi connectivity index (χ3n) is 5.80. The zero-order valence-corrected chi connectivity index (χ0v) is 19.9. The molecule has 1 fully saturated rings. The number of hydrogen-bond donors (Lipinski definition) is 1. The standard InChI is InChI=1S/C22H32N4O5S/c1-5-25-17(12-24-8-9-26(15(3)11-24)18(27)13-30-4)19(21(28)31-6-2)20(23-22(25)29)16-7-10-32-14-16/h7,10,14-15,20H,5-6,8-9,11-13H2,1-4H3,(H,23,29). The molecule has 1 aromatic heterocycles.